The molecule has 0 saturated carbocycles. The van der Waals surface area contributed by atoms with Crippen LogP contribution in [-0.2, 0) is 6.18 Å². The Morgan fingerprint density at radius 3 is 2.35 bits per heavy atom. The number of alkyl halides is 3. The monoisotopic (exact) mass is 278 g/mol. The molecular formula is C17H17F3. The van der Waals surface area contributed by atoms with Crippen LogP contribution in [0.4, 0.5) is 13.2 Å². The van der Waals surface area contributed by atoms with E-state index >= 15 is 0 Å². The Hall–Kier alpha value is -1.77. The lowest BCUT2D eigenvalue weighted by molar-refractivity contribution is -0.137. The minimum atomic E-state index is -4.35. The van der Waals surface area contributed by atoms with E-state index in [0.717, 1.165) is 12.0 Å². The first-order valence-electron chi connectivity index (χ1n) is 6.53. The topological polar surface area (TPSA) is 0 Å². The Bertz CT molecular complexity index is 601. The van der Waals surface area contributed by atoms with E-state index in [1.807, 2.05) is 13.0 Å². The first-order chi connectivity index (χ1) is 9.29. The molecule has 106 valence electrons. The fourth-order valence-corrected chi connectivity index (χ4v) is 2.29. The lowest BCUT2D eigenvalue weighted by Gasteiger charge is -2.19. The van der Waals surface area contributed by atoms with Gasteiger partial charge in [0.05, 0.1) is 5.56 Å². The second-order valence-electron chi connectivity index (χ2n) is 5.24. The van der Waals surface area contributed by atoms with E-state index in [0.29, 0.717) is 17.6 Å². The van der Waals surface area contributed by atoms with Gasteiger partial charge in [-0.15, -0.1) is 0 Å². The van der Waals surface area contributed by atoms with Gasteiger partial charge in [0, 0.05) is 0 Å². The van der Waals surface area contributed by atoms with Gasteiger partial charge >= 0.3 is 6.18 Å². The van der Waals surface area contributed by atoms with Crippen LogP contribution >= 0.6 is 0 Å². The molecule has 3 heteroatoms. The number of halogens is 3. The van der Waals surface area contributed by atoms with Gasteiger partial charge in [-0.1, -0.05) is 42.0 Å². The average molecular weight is 278 g/mol. The Kier molecular flexibility index (Phi) is 3.89. The van der Waals surface area contributed by atoms with Gasteiger partial charge in [-0.05, 0) is 49.5 Å². The molecule has 1 aliphatic carbocycles. The van der Waals surface area contributed by atoms with E-state index in [2.05, 4.69) is 6.58 Å². The minimum absolute atomic E-state index is 0.284. The summed E-state index contributed by atoms with van der Waals surface area (Å²) in [5.74, 6) is 0. The van der Waals surface area contributed by atoms with Crippen molar-refractivity contribution >= 4 is 11.1 Å². The van der Waals surface area contributed by atoms with Crippen molar-refractivity contribution in [3.05, 3.63) is 59.2 Å². The Morgan fingerprint density at radius 1 is 1.15 bits per heavy atom. The molecule has 1 aliphatic rings. The molecule has 0 bridgehead atoms. The third-order valence-electron chi connectivity index (χ3n) is 3.52. The highest BCUT2D eigenvalue weighted by Gasteiger charge is 2.34. The summed E-state index contributed by atoms with van der Waals surface area (Å²) in [6, 6.07) is 4.47. The van der Waals surface area contributed by atoms with E-state index in [-0.39, 0.29) is 5.56 Å². The van der Waals surface area contributed by atoms with Crippen LogP contribution in [0.3, 0.4) is 0 Å². The quantitative estimate of drug-likeness (QED) is 0.635. The number of hydrogen-bond acceptors (Lipinski definition) is 0. The molecule has 0 heterocycles. The van der Waals surface area contributed by atoms with Crippen molar-refractivity contribution in [1.29, 1.82) is 0 Å². The zero-order chi connectivity index (χ0) is 14.9. The van der Waals surface area contributed by atoms with Crippen molar-refractivity contribution in [3.63, 3.8) is 0 Å². The number of rotatable bonds is 2. The molecule has 0 nitrogen and oxygen atoms in total. The van der Waals surface area contributed by atoms with E-state index in [1.165, 1.54) is 11.6 Å². The van der Waals surface area contributed by atoms with E-state index in [1.54, 1.807) is 25.1 Å². The maximum absolute atomic E-state index is 13.3. The van der Waals surface area contributed by atoms with E-state index < -0.39 is 11.7 Å². The Morgan fingerprint density at radius 2 is 1.85 bits per heavy atom. The maximum Gasteiger partial charge on any atom is 0.417 e. The molecule has 0 aliphatic heterocycles. The van der Waals surface area contributed by atoms with Gasteiger partial charge in [-0.25, -0.2) is 0 Å². The Balaban J connectivity index is 2.56. The first-order valence-corrected chi connectivity index (χ1v) is 6.53. The van der Waals surface area contributed by atoms with Crippen molar-refractivity contribution in [2.24, 2.45) is 0 Å². The predicted octanol–water partition coefficient (Wildman–Crippen LogP) is 5.86. The van der Waals surface area contributed by atoms with Gasteiger partial charge in [0.25, 0.3) is 0 Å². The Labute approximate surface area is 117 Å². The maximum atomic E-state index is 13.3. The van der Waals surface area contributed by atoms with Gasteiger partial charge in [-0.2, -0.15) is 13.2 Å². The van der Waals surface area contributed by atoms with Gasteiger partial charge in [-0.3, -0.25) is 0 Å². The molecule has 0 spiro atoms. The average Bonchev–Trinajstić information content (AvgIpc) is 2.38. The van der Waals surface area contributed by atoms with E-state index in [4.69, 9.17) is 0 Å². The van der Waals surface area contributed by atoms with Gasteiger partial charge in [0.15, 0.2) is 0 Å². The summed E-state index contributed by atoms with van der Waals surface area (Å²) < 4.78 is 39.8. The molecule has 1 aromatic rings. The van der Waals surface area contributed by atoms with Crippen molar-refractivity contribution in [2.45, 2.75) is 32.9 Å². The number of benzene rings is 1. The molecule has 0 aromatic heterocycles. The van der Waals surface area contributed by atoms with E-state index in [9.17, 15) is 13.2 Å². The summed E-state index contributed by atoms with van der Waals surface area (Å²) in [5.41, 5.74) is 2.82. The van der Waals surface area contributed by atoms with Crippen LogP contribution in [-0.4, -0.2) is 0 Å². The summed E-state index contributed by atoms with van der Waals surface area (Å²) in [5, 5.41) is 0. The summed E-state index contributed by atoms with van der Waals surface area (Å²) in [4.78, 5) is 0. The van der Waals surface area contributed by atoms with Crippen molar-refractivity contribution in [1.82, 2.24) is 0 Å². The van der Waals surface area contributed by atoms with Gasteiger partial charge in [0.2, 0.25) is 0 Å². The highest BCUT2D eigenvalue weighted by Crippen LogP contribution is 2.39. The molecule has 0 atom stereocenters. The third kappa shape index (κ3) is 3.03. The van der Waals surface area contributed by atoms with Gasteiger partial charge < -0.3 is 0 Å². The molecule has 0 N–H and O–H groups in total. The molecule has 0 radical (unpaired) electrons. The zero-order valence-electron chi connectivity index (χ0n) is 11.6. The number of hydrogen-bond donors (Lipinski definition) is 0. The molecule has 1 aromatic carbocycles. The lowest BCUT2D eigenvalue weighted by Crippen LogP contribution is -2.10. The van der Waals surface area contributed by atoms with Crippen LogP contribution in [0.1, 0.15) is 43.4 Å². The molecule has 0 fully saturated rings. The zero-order valence-corrected chi connectivity index (χ0v) is 11.6. The highest BCUT2D eigenvalue weighted by atomic mass is 19.4. The second kappa shape index (κ2) is 5.31. The fraction of sp³-hybridized carbons (Fsp3) is 0.294. The van der Waals surface area contributed by atoms with Gasteiger partial charge in [0.1, 0.15) is 0 Å². The summed E-state index contributed by atoms with van der Waals surface area (Å²) in [6.07, 6.45) is 0.802. The summed E-state index contributed by atoms with van der Waals surface area (Å²) in [7, 11) is 0. The molecule has 2 rings (SSSR count). The smallest absolute Gasteiger partial charge is 0.166 e. The molecular weight excluding hydrogens is 261 g/mol. The highest BCUT2D eigenvalue weighted by molar-refractivity contribution is 5.74. The van der Waals surface area contributed by atoms with Crippen LogP contribution in [0.2, 0.25) is 0 Å². The molecule has 20 heavy (non-hydrogen) atoms. The largest absolute Gasteiger partial charge is 0.417 e. The van der Waals surface area contributed by atoms with Crippen LogP contribution in [0, 0.1) is 0 Å². The van der Waals surface area contributed by atoms with Crippen LogP contribution in [0.5, 0.6) is 0 Å². The fourth-order valence-electron chi connectivity index (χ4n) is 2.29. The number of allylic oxidation sites excluding steroid dienone is 5. The lowest BCUT2D eigenvalue weighted by atomic mass is 9.89. The molecule has 0 unspecified atom stereocenters. The van der Waals surface area contributed by atoms with Crippen LogP contribution in [0.25, 0.3) is 11.1 Å². The minimum Gasteiger partial charge on any atom is -0.166 e. The summed E-state index contributed by atoms with van der Waals surface area (Å²) >= 11 is 0. The molecule has 0 saturated heterocycles. The standard InChI is InChI=1S/C17H17F3/c1-11(2)14-8-9-15(16(10-14)17(18,19)20)13-6-4-12(3)5-7-13/h4,6,8-10H,1,5,7H2,2-3H3. The second-order valence-corrected chi connectivity index (χ2v) is 5.24. The normalized spacial score (nSPS) is 15.7. The SMILES string of the molecule is C=C(C)c1ccc(C2=CC=C(C)CC2)c(C(F)(F)F)c1. The first kappa shape index (κ1) is 14.6. The molecule has 0 amide bonds. The van der Waals surface area contributed by atoms with Crippen molar-refractivity contribution in [3.8, 4) is 0 Å². The van der Waals surface area contributed by atoms with Crippen molar-refractivity contribution in [2.75, 3.05) is 0 Å². The van der Waals surface area contributed by atoms with Crippen LogP contribution in [0.15, 0.2) is 42.5 Å². The van der Waals surface area contributed by atoms with Crippen LogP contribution < -0.4 is 0 Å². The predicted molar refractivity (Wildman–Crippen MR) is 77.1 cm³/mol. The third-order valence-corrected chi connectivity index (χ3v) is 3.52. The summed E-state index contributed by atoms with van der Waals surface area (Å²) in [6.45, 7) is 7.41. The van der Waals surface area contributed by atoms with Crippen molar-refractivity contribution < 1.29 is 13.2 Å².